The molecule has 0 fully saturated rings. The van der Waals surface area contributed by atoms with Gasteiger partial charge in [-0.1, -0.05) is 39.7 Å². The number of hydrogen-bond acceptors (Lipinski definition) is 5. The van der Waals surface area contributed by atoms with Crippen LogP contribution in [0.5, 0.6) is 11.5 Å². The second kappa shape index (κ2) is 9.82. The minimum atomic E-state index is -0.427. The van der Waals surface area contributed by atoms with Gasteiger partial charge in [-0.3, -0.25) is 9.59 Å². The fourth-order valence-electron chi connectivity index (χ4n) is 5.47. The molecule has 35 heavy (non-hydrogen) atoms. The lowest BCUT2D eigenvalue weighted by atomic mass is 9.71. The maximum absolute atomic E-state index is 13.2. The van der Waals surface area contributed by atoms with Gasteiger partial charge in [0.05, 0.1) is 12.1 Å². The molecule has 5 rings (SSSR count). The van der Waals surface area contributed by atoms with Gasteiger partial charge >= 0.3 is 0 Å². The number of methoxy groups -OCH3 is 1. The SMILES string of the molecule is COc1cc(C2C3=C(CCCC3=O)N(C)C3=C2C(=O)CCC3)cc(Cl)c1OCc1ccc(Br)cc1. The van der Waals surface area contributed by atoms with E-state index in [0.717, 1.165) is 63.8 Å². The monoisotopic (exact) mass is 555 g/mol. The van der Waals surface area contributed by atoms with E-state index in [4.69, 9.17) is 21.1 Å². The highest BCUT2D eigenvalue weighted by Crippen LogP contribution is 2.50. The van der Waals surface area contributed by atoms with E-state index in [2.05, 4.69) is 20.8 Å². The predicted octanol–water partition coefficient (Wildman–Crippen LogP) is 6.73. The van der Waals surface area contributed by atoms with Crippen LogP contribution in [0.15, 0.2) is 63.4 Å². The third-order valence-corrected chi connectivity index (χ3v) is 7.94. The van der Waals surface area contributed by atoms with E-state index >= 15 is 0 Å². The van der Waals surface area contributed by atoms with Crippen LogP contribution in [0.4, 0.5) is 0 Å². The second-order valence-corrected chi connectivity index (χ2v) is 10.5. The molecule has 1 heterocycles. The van der Waals surface area contributed by atoms with Crippen molar-refractivity contribution in [1.82, 2.24) is 4.90 Å². The van der Waals surface area contributed by atoms with Crippen molar-refractivity contribution in [3.05, 3.63) is 79.6 Å². The average molecular weight is 557 g/mol. The third kappa shape index (κ3) is 4.43. The molecule has 2 aliphatic carbocycles. The van der Waals surface area contributed by atoms with Gasteiger partial charge in [0.1, 0.15) is 6.61 Å². The Morgan fingerprint density at radius 2 is 1.57 bits per heavy atom. The van der Waals surface area contributed by atoms with Crippen LogP contribution in [0.25, 0.3) is 0 Å². The fourth-order valence-corrected chi connectivity index (χ4v) is 6.01. The first-order valence-corrected chi connectivity index (χ1v) is 13.1. The molecule has 7 heteroatoms. The Kier molecular flexibility index (Phi) is 6.78. The number of carbonyl (C=O) groups is 2. The molecule has 0 aromatic heterocycles. The summed E-state index contributed by atoms with van der Waals surface area (Å²) >= 11 is 10.2. The van der Waals surface area contributed by atoms with E-state index in [0.29, 0.717) is 36.0 Å². The van der Waals surface area contributed by atoms with Crippen molar-refractivity contribution in [3.8, 4) is 11.5 Å². The summed E-state index contributed by atoms with van der Waals surface area (Å²) in [5, 5.41) is 0.395. The van der Waals surface area contributed by atoms with Crippen molar-refractivity contribution in [2.24, 2.45) is 0 Å². The van der Waals surface area contributed by atoms with E-state index < -0.39 is 5.92 Å². The Labute approximate surface area is 218 Å². The second-order valence-electron chi connectivity index (χ2n) is 9.22. The largest absolute Gasteiger partial charge is 0.493 e. The molecule has 0 bridgehead atoms. The third-order valence-electron chi connectivity index (χ3n) is 7.13. The number of ketones is 2. The van der Waals surface area contributed by atoms with Gasteiger partial charge in [-0.2, -0.15) is 0 Å². The minimum Gasteiger partial charge on any atom is -0.493 e. The van der Waals surface area contributed by atoms with Gasteiger partial charge in [-0.05, 0) is 61.1 Å². The highest BCUT2D eigenvalue weighted by molar-refractivity contribution is 9.10. The summed E-state index contributed by atoms with van der Waals surface area (Å²) in [7, 11) is 3.56. The van der Waals surface area contributed by atoms with E-state index in [9.17, 15) is 9.59 Å². The summed E-state index contributed by atoms with van der Waals surface area (Å²) in [6, 6.07) is 11.6. The molecule has 0 atom stereocenters. The number of halogens is 2. The van der Waals surface area contributed by atoms with Gasteiger partial charge in [0.15, 0.2) is 23.1 Å². The van der Waals surface area contributed by atoms with E-state index in [-0.39, 0.29) is 11.6 Å². The number of allylic oxidation sites excluding steroid dienone is 4. The van der Waals surface area contributed by atoms with Gasteiger partial charge in [-0.25, -0.2) is 0 Å². The molecule has 182 valence electrons. The first kappa shape index (κ1) is 24.1. The topological polar surface area (TPSA) is 55.8 Å². The molecule has 2 aromatic carbocycles. The maximum atomic E-state index is 13.2. The molecule has 1 aliphatic heterocycles. The van der Waals surface area contributed by atoms with E-state index in [1.54, 1.807) is 7.11 Å². The zero-order valence-electron chi connectivity index (χ0n) is 19.8. The highest BCUT2D eigenvalue weighted by atomic mass is 79.9. The van der Waals surface area contributed by atoms with Crippen molar-refractivity contribution in [1.29, 1.82) is 0 Å². The first-order valence-electron chi connectivity index (χ1n) is 11.9. The summed E-state index contributed by atoms with van der Waals surface area (Å²) in [5.74, 6) is 0.725. The van der Waals surface area contributed by atoms with E-state index in [1.807, 2.05) is 43.4 Å². The first-order chi connectivity index (χ1) is 16.9. The molecule has 0 saturated carbocycles. The molecule has 0 N–H and O–H groups in total. The molecule has 0 saturated heterocycles. The van der Waals surface area contributed by atoms with Crippen LogP contribution in [0.3, 0.4) is 0 Å². The molecule has 2 aromatic rings. The minimum absolute atomic E-state index is 0.110. The molecular formula is C28H27BrClNO4. The van der Waals surface area contributed by atoms with Gasteiger partial charge < -0.3 is 14.4 Å². The standard InChI is InChI=1S/C28H27BrClNO4/c1-31-20-5-3-7-22(32)26(20)25(27-21(31)6-4-8-23(27)33)17-13-19(30)28(24(14-17)34-2)35-15-16-9-11-18(29)12-10-16/h9-14,25H,3-8,15H2,1-2H3. The molecular weight excluding hydrogens is 530 g/mol. The van der Waals surface area contributed by atoms with Crippen LogP contribution in [-0.4, -0.2) is 30.6 Å². The Morgan fingerprint density at radius 3 is 2.14 bits per heavy atom. The number of ether oxygens (including phenoxy) is 2. The van der Waals surface area contributed by atoms with Gasteiger partial charge in [0.2, 0.25) is 0 Å². The lowest BCUT2D eigenvalue weighted by Crippen LogP contribution is -2.37. The van der Waals surface area contributed by atoms with Crippen LogP contribution in [-0.2, 0) is 16.2 Å². The van der Waals surface area contributed by atoms with Crippen molar-refractivity contribution in [2.75, 3.05) is 14.2 Å². The van der Waals surface area contributed by atoms with Gasteiger partial charge in [-0.15, -0.1) is 0 Å². The lowest BCUT2D eigenvalue weighted by Gasteiger charge is -2.42. The number of carbonyl (C=O) groups excluding carboxylic acids is 2. The van der Waals surface area contributed by atoms with Gasteiger partial charge in [0, 0.05) is 52.8 Å². The summed E-state index contributed by atoms with van der Waals surface area (Å²) in [6.07, 6.45) is 4.32. The highest BCUT2D eigenvalue weighted by Gasteiger charge is 2.42. The Morgan fingerprint density at radius 1 is 0.971 bits per heavy atom. The number of benzene rings is 2. The quantitative estimate of drug-likeness (QED) is 0.409. The average Bonchev–Trinajstić information content (AvgIpc) is 2.85. The van der Waals surface area contributed by atoms with Crippen LogP contribution in [0.1, 0.15) is 55.6 Å². The molecule has 3 aliphatic rings. The number of hydrogen-bond donors (Lipinski definition) is 0. The van der Waals surface area contributed by atoms with Gasteiger partial charge in [0.25, 0.3) is 0 Å². The molecule has 0 radical (unpaired) electrons. The smallest absolute Gasteiger partial charge is 0.180 e. The predicted molar refractivity (Wildman–Crippen MR) is 139 cm³/mol. The normalized spacial score (nSPS) is 18.6. The van der Waals surface area contributed by atoms with Crippen molar-refractivity contribution >= 4 is 39.1 Å². The molecule has 0 amide bonds. The Hall–Kier alpha value is -2.57. The summed E-state index contributed by atoms with van der Waals surface area (Å²) in [4.78, 5) is 28.5. The number of nitrogens with zero attached hydrogens (tertiary/aromatic N) is 1. The van der Waals surface area contributed by atoms with E-state index in [1.165, 1.54) is 0 Å². The summed E-state index contributed by atoms with van der Waals surface area (Å²) in [5.41, 5.74) is 5.32. The van der Waals surface area contributed by atoms with Crippen molar-refractivity contribution < 1.29 is 19.1 Å². The Bertz CT molecular complexity index is 1220. The van der Waals surface area contributed by atoms with Crippen molar-refractivity contribution in [2.45, 2.75) is 51.0 Å². The molecule has 5 nitrogen and oxygen atoms in total. The molecule has 0 unspecified atom stereocenters. The Balaban J connectivity index is 1.57. The van der Waals surface area contributed by atoms with Crippen LogP contribution in [0.2, 0.25) is 5.02 Å². The molecule has 0 spiro atoms. The van der Waals surface area contributed by atoms with Crippen LogP contribution in [0, 0.1) is 0 Å². The maximum Gasteiger partial charge on any atom is 0.180 e. The summed E-state index contributed by atoms with van der Waals surface area (Å²) in [6.45, 7) is 0.332. The number of rotatable bonds is 5. The van der Waals surface area contributed by atoms with Crippen molar-refractivity contribution in [3.63, 3.8) is 0 Å². The van der Waals surface area contributed by atoms with Crippen LogP contribution >= 0.6 is 27.5 Å². The zero-order valence-corrected chi connectivity index (χ0v) is 22.2. The summed E-state index contributed by atoms with van der Waals surface area (Å²) < 4.78 is 12.7. The lowest BCUT2D eigenvalue weighted by molar-refractivity contribution is -0.117. The fraction of sp³-hybridized carbons (Fsp3) is 0.357. The number of Topliss-reactive ketones (excluding diaryl/α,β-unsaturated/α-hetero) is 2. The van der Waals surface area contributed by atoms with Crippen LogP contribution < -0.4 is 9.47 Å². The zero-order chi connectivity index (χ0) is 24.7.